The monoisotopic (exact) mass is 288 g/mol. The number of amides is 2. The number of hydrogen-bond acceptors (Lipinski definition) is 2. The van der Waals surface area contributed by atoms with Gasteiger partial charge in [0.25, 0.3) is 0 Å². The van der Waals surface area contributed by atoms with E-state index in [0.717, 1.165) is 18.4 Å². The molecule has 1 aliphatic rings. The molecule has 0 radical (unpaired) electrons. The van der Waals surface area contributed by atoms with Gasteiger partial charge in [-0.3, -0.25) is 9.59 Å². The summed E-state index contributed by atoms with van der Waals surface area (Å²) in [5.41, 5.74) is 1.14. The molecule has 1 fully saturated rings. The number of carbonyl (C=O) groups excluding carboxylic acids is 2. The number of hydrogen-bond donors (Lipinski definition) is 0. The van der Waals surface area contributed by atoms with Gasteiger partial charge >= 0.3 is 0 Å². The Morgan fingerprint density at radius 1 is 1.19 bits per heavy atom. The van der Waals surface area contributed by atoms with Crippen LogP contribution in [-0.2, 0) is 16.1 Å². The Hall–Kier alpha value is -1.84. The van der Waals surface area contributed by atoms with Gasteiger partial charge in [-0.25, -0.2) is 0 Å². The van der Waals surface area contributed by atoms with Crippen LogP contribution in [0.25, 0.3) is 0 Å². The lowest BCUT2D eigenvalue weighted by molar-refractivity contribution is -0.134. The quantitative estimate of drug-likeness (QED) is 0.773. The number of nitrogens with zero attached hydrogens (tertiary/aromatic N) is 2. The first-order valence-corrected chi connectivity index (χ1v) is 7.70. The molecule has 1 aliphatic carbocycles. The molecule has 1 aromatic carbocycles. The van der Waals surface area contributed by atoms with E-state index in [1.807, 2.05) is 47.1 Å². The second kappa shape index (κ2) is 7.25. The van der Waals surface area contributed by atoms with E-state index in [9.17, 15) is 9.59 Å². The summed E-state index contributed by atoms with van der Waals surface area (Å²) in [5, 5.41) is 0. The van der Waals surface area contributed by atoms with Gasteiger partial charge in [0.1, 0.15) is 0 Å². The minimum atomic E-state index is 0.0800. The van der Waals surface area contributed by atoms with Gasteiger partial charge in [0.05, 0.1) is 0 Å². The topological polar surface area (TPSA) is 40.6 Å². The molecule has 0 saturated heterocycles. The summed E-state index contributed by atoms with van der Waals surface area (Å²) in [7, 11) is 0. The van der Waals surface area contributed by atoms with Crippen LogP contribution in [-0.4, -0.2) is 40.7 Å². The SMILES string of the molecule is CCN(Cc1ccccc1)C(=O)CCN(C(C)=O)C1CC1. The molecule has 1 aromatic rings. The molecule has 0 atom stereocenters. The summed E-state index contributed by atoms with van der Waals surface area (Å²) >= 11 is 0. The van der Waals surface area contributed by atoms with E-state index < -0.39 is 0 Å². The minimum Gasteiger partial charge on any atom is -0.339 e. The molecule has 2 amide bonds. The van der Waals surface area contributed by atoms with Gasteiger partial charge in [-0.15, -0.1) is 0 Å². The zero-order chi connectivity index (χ0) is 15.2. The van der Waals surface area contributed by atoms with Crippen LogP contribution in [0.4, 0.5) is 0 Å². The first-order valence-electron chi connectivity index (χ1n) is 7.70. The Kier molecular flexibility index (Phi) is 5.37. The van der Waals surface area contributed by atoms with Gasteiger partial charge < -0.3 is 9.80 Å². The number of carbonyl (C=O) groups is 2. The predicted octanol–water partition coefficient (Wildman–Crippen LogP) is 2.44. The third-order valence-electron chi connectivity index (χ3n) is 3.91. The van der Waals surface area contributed by atoms with Gasteiger partial charge in [0, 0.05) is 39.0 Å². The molecule has 114 valence electrons. The fourth-order valence-electron chi connectivity index (χ4n) is 2.54. The summed E-state index contributed by atoms with van der Waals surface area (Å²) < 4.78 is 0. The third kappa shape index (κ3) is 4.59. The van der Waals surface area contributed by atoms with Gasteiger partial charge in [-0.1, -0.05) is 30.3 Å². The maximum Gasteiger partial charge on any atom is 0.224 e. The molecule has 0 aromatic heterocycles. The Balaban J connectivity index is 1.86. The summed E-state index contributed by atoms with van der Waals surface area (Å²) in [5.74, 6) is 0.199. The van der Waals surface area contributed by atoms with Gasteiger partial charge in [0.2, 0.25) is 11.8 Å². The summed E-state index contributed by atoms with van der Waals surface area (Å²) in [6.07, 6.45) is 2.57. The van der Waals surface area contributed by atoms with Crippen molar-refractivity contribution in [2.75, 3.05) is 13.1 Å². The van der Waals surface area contributed by atoms with Crippen molar-refractivity contribution in [3.8, 4) is 0 Å². The van der Waals surface area contributed by atoms with Crippen LogP contribution >= 0.6 is 0 Å². The molecule has 0 bridgehead atoms. The summed E-state index contributed by atoms with van der Waals surface area (Å²) in [4.78, 5) is 27.6. The third-order valence-corrected chi connectivity index (χ3v) is 3.91. The van der Waals surface area contributed by atoms with E-state index in [1.54, 1.807) is 6.92 Å². The lowest BCUT2D eigenvalue weighted by Crippen LogP contribution is -2.37. The van der Waals surface area contributed by atoms with Crippen molar-refractivity contribution in [3.63, 3.8) is 0 Å². The van der Waals surface area contributed by atoms with Crippen LogP contribution in [0, 0.1) is 0 Å². The van der Waals surface area contributed by atoms with Crippen molar-refractivity contribution in [2.45, 2.75) is 45.7 Å². The molecule has 21 heavy (non-hydrogen) atoms. The molecule has 2 rings (SSSR count). The maximum absolute atomic E-state index is 12.3. The molecule has 0 unspecified atom stereocenters. The van der Waals surface area contributed by atoms with Crippen LogP contribution in [0.3, 0.4) is 0 Å². The Morgan fingerprint density at radius 2 is 1.86 bits per heavy atom. The molecule has 0 aliphatic heterocycles. The molecular weight excluding hydrogens is 264 g/mol. The van der Waals surface area contributed by atoms with E-state index in [-0.39, 0.29) is 11.8 Å². The minimum absolute atomic E-state index is 0.0800. The molecule has 1 saturated carbocycles. The fraction of sp³-hybridized carbons (Fsp3) is 0.529. The van der Waals surface area contributed by atoms with Crippen molar-refractivity contribution in [2.24, 2.45) is 0 Å². The largest absolute Gasteiger partial charge is 0.339 e. The van der Waals surface area contributed by atoms with Crippen LogP contribution < -0.4 is 0 Å². The lowest BCUT2D eigenvalue weighted by Gasteiger charge is -2.24. The van der Waals surface area contributed by atoms with Crippen molar-refractivity contribution in [3.05, 3.63) is 35.9 Å². The maximum atomic E-state index is 12.3. The van der Waals surface area contributed by atoms with Gasteiger partial charge in [-0.05, 0) is 25.3 Å². The van der Waals surface area contributed by atoms with Crippen LogP contribution in [0.2, 0.25) is 0 Å². The summed E-state index contributed by atoms with van der Waals surface area (Å²) in [6.45, 7) is 5.45. The highest BCUT2D eigenvalue weighted by Crippen LogP contribution is 2.27. The molecule has 4 heteroatoms. The zero-order valence-electron chi connectivity index (χ0n) is 12.9. The predicted molar refractivity (Wildman–Crippen MR) is 82.6 cm³/mol. The highest BCUT2D eigenvalue weighted by atomic mass is 16.2. The van der Waals surface area contributed by atoms with Gasteiger partial charge in [0.15, 0.2) is 0 Å². The second-order valence-electron chi connectivity index (χ2n) is 5.59. The van der Waals surface area contributed by atoms with E-state index in [4.69, 9.17) is 0 Å². The molecular formula is C17H24N2O2. The highest BCUT2D eigenvalue weighted by molar-refractivity contribution is 5.78. The van der Waals surface area contributed by atoms with E-state index in [0.29, 0.717) is 32.1 Å². The van der Waals surface area contributed by atoms with Crippen LogP contribution in [0.5, 0.6) is 0 Å². The van der Waals surface area contributed by atoms with E-state index in [1.165, 1.54) is 0 Å². The molecule has 0 N–H and O–H groups in total. The average Bonchev–Trinajstić information content (AvgIpc) is 3.30. The normalized spacial score (nSPS) is 13.8. The lowest BCUT2D eigenvalue weighted by atomic mass is 10.2. The second-order valence-corrected chi connectivity index (χ2v) is 5.59. The molecule has 4 nitrogen and oxygen atoms in total. The van der Waals surface area contributed by atoms with Crippen molar-refractivity contribution < 1.29 is 9.59 Å². The smallest absolute Gasteiger partial charge is 0.224 e. The standard InChI is InChI=1S/C17H24N2O2/c1-3-18(13-15-7-5-4-6-8-15)17(21)11-12-19(14(2)20)16-9-10-16/h4-8,16H,3,9-13H2,1-2H3. The summed E-state index contributed by atoms with van der Waals surface area (Å²) in [6, 6.07) is 10.4. The zero-order valence-corrected chi connectivity index (χ0v) is 12.9. The molecule has 0 heterocycles. The Bertz CT molecular complexity index is 483. The average molecular weight is 288 g/mol. The number of benzene rings is 1. The molecule has 0 spiro atoms. The van der Waals surface area contributed by atoms with Crippen molar-refractivity contribution in [1.82, 2.24) is 9.80 Å². The van der Waals surface area contributed by atoms with Gasteiger partial charge in [-0.2, -0.15) is 0 Å². The Labute approximate surface area is 126 Å². The van der Waals surface area contributed by atoms with Crippen LogP contribution in [0.1, 0.15) is 38.7 Å². The Morgan fingerprint density at radius 3 is 2.38 bits per heavy atom. The van der Waals surface area contributed by atoms with Crippen molar-refractivity contribution >= 4 is 11.8 Å². The fourth-order valence-corrected chi connectivity index (χ4v) is 2.54. The first kappa shape index (κ1) is 15.5. The van der Waals surface area contributed by atoms with Crippen molar-refractivity contribution in [1.29, 1.82) is 0 Å². The number of rotatable bonds is 7. The first-order chi connectivity index (χ1) is 10.1. The van der Waals surface area contributed by atoms with E-state index in [2.05, 4.69) is 0 Å². The highest BCUT2D eigenvalue weighted by Gasteiger charge is 2.31. The van der Waals surface area contributed by atoms with Crippen LogP contribution in [0.15, 0.2) is 30.3 Å². The van der Waals surface area contributed by atoms with E-state index >= 15 is 0 Å².